The van der Waals surface area contributed by atoms with Crippen LogP contribution in [0.4, 0.5) is 0 Å². The fourth-order valence-corrected chi connectivity index (χ4v) is 4.15. The van der Waals surface area contributed by atoms with E-state index in [9.17, 15) is 19.5 Å². The van der Waals surface area contributed by atoms with Crippen molar-refractivity contribution < 1.29 is 19.4 Å². The predicted octanol–water partition coefficient (Wildman–Crippen LogP) is 0.869. The molecule has 10 nitrogen and oxygen atoms in total. The number of aromatic nitrogens is 3. The van der Waals surface area contributed by atoms with Gasteiger partial charge in [-0.3, -0.25) is 14.4 Å². The number of aromatic hydroxyl groups is 1. The van der Waals surface area contributed by atoms with Crippen LogP contribution in [0.3, 0.4) is 0 Å². The predicted molar refractivity (Wildman–Crippen MR) is 110 cm³/mol. The summed E-state index contributed by atoms with van der Waals surface area (Å²) in [6.45, 7) is 4.48. The molecule has 31 heavy (non-hydrogen) atoms. The summed E-state index contributed by atoms with van der Waals surface area (Å²) in [6.07, 6.45) is 0.808. The van der Waals surface area contributed by atoms with Crippen LogP contribution in [0.15, 0.2) is 29.2 Å². The van der Waals surface area contributed by atoms with Gasteiger partial charge in [0.1, 0.15) is 11.4 Å². The normalized spacial score (nSPS) is 20.1. The number of nitrogens with one attached hydrogen (secondary N) is 2. The van der Waals surface area contributed by atoms with Crippen LogP contribution >= 0.6 is 0 Å². The van der Waals surface area contributed by atoms with Crippen LogP contribution in [-0.4, -0.2) is 55.2 Å². The van der Waals surface area contributed by atoms with Crippen LogP contribution < -0.4 is 10.7 Å². The molecule has 0 bridgehead atoms. The van der Waals surface area contributed by atoms with Crippen molar-refractivity contribution in [2.24, 2.45) is 0 Å². The Hall–Kier alpha value is -3.66. The number of fused-ring (bicyclic) bond motifs is 3. The summed E-state index contributed by atoms with van der Waals surface area (Å²) in [5.41, 5.74) is 1.44. The highest BCUT2D eigenvalue weighted by Gasteiger charge is 2.42. The lowest BCUT2D eigenvalue weighted by atomic mass is 10.1. The molecule has 2 amide bonds. The Balaban J connectivity index is 1.41. The molecular formula is C21H21N5O5. The summed E-state index contributed by atoms with van der Waals surface area (Å²) in [5, 5.41) is 13.1. The molecule has 0 unspecified atom stereocenters. The molecule has 0 aliphatic carbocycles. The van der Waals surface area contributed by atoms with E-state index in [-0.39, 0.29) is 30.4 Å². The molecule has 3 N–H and O–H groups in total. The molecule has 2 atom stereocenters. The quantitative estimate of drug-likeness (QED) is 0.573. The van der Waals surface area contributed by atoms with Gasteiger partial charge >= 0.3 is 0 Å². The van der Waals surface area contributed by atoms with Gasteiger partial charge in [0.15, 0.2) is 17.7 Å². The first kappa shape index (κ1) is 19.3. The van der Waals surface area contributed by atoms with Gasteiger partial charge in [0.05, 0.1) is 36.8 Å². The molecule has 3 aromatic rings. The summed E-state index contributed by atoms with van der Waals surface area (Å²) in [5.74, 6) is -1.34. The van der Waals surface area contributed by atoms with Crippen molar-refractivity contribution in [1.82, 2.24) is 24.8 Å². The molecule has 2 aliphatic rings. The first-order chi connectivity index (χ1) is 14.8. The topological polar surface area (TPSA) is 130 Å². The zero-order valence-corrected chi connectivity index (χ0v) is 17.0. The second kappa shape index (κ2) is 6.95. The summed E-state index contributed by atoms with van der Waals surface area (Å²) in [6, 6.07) is 5.63. The Bertz CT molecular complexity index is 1290. The van der Waals surface area contributed by atoms with Crippen LogP contribution in [0.25, 0.3) is 11.0 Å². The van der Waals surface area contributed by atoms with Gasteiger partial charge < -0.3 is 29.6 Å². The SMILES string of the molecule is Cc1ccc2[nH]c(CNC(=O)c3cn4c(c(O)c3=O)C(=O)N3[C@@H](C)CO[C@@H]3C4)nc2c1. The highest BCUT2D eigenvalue weighted by atomic mass is 16.5. The zero-order valence-electron chi connectivity index (χ0n) is 17.0. The number of imidazole rings is 1. The van der Waals surface area contributed by atoms with Crippen molar-refractivity contribution in [3.63, 3.8) is 0 Å². The van der Waals surface area contributed by atoms with Crippen LogP contribution in [0.1, 0.15) is 39.2 Å². The van der Waals surface area contributed by atoms with Gasteiger partial charge in [-0.05, 0) is 31.5 Å². The molecule has 160 valence electrons. The molecule has 1 aromatic carbocycles. The lowest BCUT2D eigenvalue weighted by molar-refractivity contribution is 0.00624. The van der Waals surface area contributed by atoms with E-state index in [4.69, 9.17) is 4.74 Å². The van der Waals surface area contributed by atoms with Crippen molar-refractivity contribution in [3.8, 4) is 5.75 Å². The lowest BCUT2D eigenvalue weighted by Crippen LogP contribution is -2.49. The number of rotatable bonds is 3. The monoisotopic (exact) mass is 423 g/mol. The second-order valence-corrected chi connectivity index (χ2v) is 7.96. The Kier molecular flexibility index (Phi) is 4.33. The van der Waals surface area contributed by atoms with Gasteiger partial charge in [-0.1, -0.05) is 6.07 Å². The number of carbonyl (C=O) groups excluding carboxylic acids is 2. The number of aromatic amines is 1. The van der Waals surface area contributed by atoms with Crippen LogP contribution in [0, 0.1) is 6.92 Å². The summed E-state index contributed by atoms with van der Waals surface area (Å²) in [4.78, 5) is 47.2. The standard InChI is InChI=1S/C21H21N5O5/c1-10-3-4-13-14(5-10)24-15(23-13)6-22-20(29)12-7-25-8-16-26(11(2)9-31-16)21(30)17(25)19(28)18(12)27/h3-5,7,11,16,28H,6,8-9H2,1-2H3,(H,22,29)(H,23,24)/t11-,16+/m0/s1. The fraction of sp³-hybridized carbons (Fsp3) is 0.333. The van der Waals surface area contributed by atoms with E-state index >= 15 is 0 Å². The van der Waals surface area contributed by atoms with E-state index in [1.54, 1.807) is 0 Å². The largest absolute Gasteiger partial charge is 0.503 e. The lowest BCUT2D eigenvalue weighted by Gasteiger charge is -2.33. The van der Waals surface area contributed by atoms with Crippen LogP contribution in [-0.2, 0) is 17.8 Å². The van der Waals surface area contributed by atoms with Crippen molar-refractivity contribution in [2.75, 3.05) is 6.61 Å². The van der Waals surface area contributed by atoms with Crippen molar-refractivity contribution >= 4 is 22.8 Å². The van der Waals surface area contributed by atoms with Crippen molar-refractivity contribution in [3.05, 3.63) is 57.3 Å². The number of benzene rings is 1. The van der Waals surface area contributed by atoms with E-state index in [1.165, 1.54) is 15.7 Å². The average molecular weight is 423 g/mol. The van der Waals surface area contributed by atoms with E-state index in [0.29, 0.717) is 12.4 Å². The van der Waals surface area contributed by atoms with E-state index in [1.807, 2.05) is 32.0 Å². The zero-order chi connectivity index (χ0) is 21.9. The fourth-order valence-electron chi connectivity index (χ4n) is 4.15. The number of H-pyrrole nitrogens is 1. The van der Waals surface area contributed by atoms with Crippen molar-refractivity contribution in [2.45, 2.75) is 39.2 Å². The van der Waals surface area contributed by atoms with Gasteiger partial charge in [0.25, 0.3) is 11.8 Å². The number of amides is 2. The number of hydrogen-bond acceptors (Lipinski definition) is 6. The molecule has 1 saturated heterocycles. The summed E-state index contributed by atoms with van der Waals surface area (Å²) in [7, 11) is 0. The van der Waals surface area contributed by atoms with Crippen molar-refractivity contribution in [1.29, 1.82) is 0 Å². The first-order valence-electron chi connectivity index (χ1n) is 9.97. The Morgan fingerprint density at radius 2 is 2.19 bits per heavy atom. The number of pyridine rings is 1. The molecule has 2 aliphatic heterocycles. The van der Waals surface area contributed by atoms with Gasteiger partial charge in [0, 0.05) is 6.20 Å². The summed E-state index contributed by atoms with van der Waals surface area (Å²) >= 11 is 0. The number of aryl methyl sites for hydroxylation is 1. The van der Waals surface area contributed by atoms with Crippen LogP contribution in [0.2, 0.25) is 0 Å². The Morgan fingerprint density at radius 3 is 3.00 bits per heavy atom. The molecule has 5 rings (SSSR count). The minimum absolute atomic E-state index is 0.0739. The Morgan fingerprint density at radius 1 is 1.39 bits per heavy atom. The van der Waals surface area contributed by atoms with E-state index in [2.05, 4.69) is 15.3 Å². The number of ether oxygens (including phenoxy) is 1. The first-order valence-corrected chi connectivity index (χ1v) is 9.97. The molecule has 1 fully saturated rings. The molecule has 2 aromatic heterocycles. The molecular weight excluding hydrogens is 402 g/mol. The number of carbonyl (C=O) groups is 2. The molecule has 10 heteroatoms. The van der Waals surface area contributed by atoms with E-state index in [0.717, 1.165) is 16.6 Å². The average Bonchev–Trinajstić information content (AvgIpc) is 3.31. The van der Waals surface area contributed by atoms with Gasteiger partial charge in [-0.15, -0.1) is 0 Å². The second-order valence-electron chi connectivity index (χ2n) is 7.96. The maximum Gasteiger partial charge on any atom is 0.276 e. The van der Waals surface area contributed by atoms with Crippen LogP contribution in [0.5, 0.6) is 5.75 Å². The molecule has 4 heterocycles. The number of nitrogens with zero attached hydrogens (tertiary/aromatic N) is 3. The maximum atomic E-state index is 12.8. The maximum absolute atomic E-state index is 12.8. The third-order valence-corrected chi connectivity index (χ3v) is 5.71. The molecule has 0 radical (unpaired) electrons. The molecule has 0 spiro atoms. The minimum Gasteiger partial charge on any atom is -0.503 e. The van der Waals surface area contributed by atoms with Gasteiger partial charge in [0.2, 0.25) is 5.43 Å². The highest BCUT2D eigenvalue weighted by molar-refractivity contribution is 5.99. The summed E-state index contributed by atoms with van der Waals surface area (Å²) < 4.78 is 7.03. The number of hydrogen-bond donors (Lipinski definition) is 3. The van der Waals surface area contributed by atoms with Gasteiger partial charge in [-0.2, -0.15) is 0 Å². The third-order valence-electron chi connectivity index (χ3n) is 5.71. The van der Waals surface area contributed by atoms with E-state index < -0.39 is 29.2 Å². The highest BCUT2D eigenvalue weighted by Crippen LogP contribution is 2.29. The Labute approximate surface area is 176 Å². The third kappa shape index (κ3) is 3.07. The molecule has 0 saturated carbocycles. The smallest absolute Gasteiger partial charge is 0.276 e. The minimum atomic E-state index is -0.886. The van der Waals surface area contributed by atoms with Gasteiger partial charge in [-0.25, -0.2) is 4.98 Å².